The number of nitrogens with zero attached hydrogens (tertiary/aromatic N) is 1. The molecule has 0 fully saturated rings. The van der Waals surface area contributed by atoms with Crippen molar-refractivity contribution in [3.05, 3.63) is 53.6 Å². The molecule has 0 spiro atoms. The third-order valence-corrected chi connectivity index (χ3v) is 2.99. The van der Waals surface area contributed by atoms with Crippen molar-refractivity contribution in [2.24, 2.45) is 5.73 Å². The Labute approximate surface area is 119 Å². The molecule has 0 unspecified atom stereocenters. The maximum absolute atomic E-state index is 7.61. The van der Waals surface area contributed by atoms with Gasteiger partial charge < -0.3 is 15.4 Å². The zero-order chi connectivity index (χ0) is 14.7. The van der Waals surface area contributed by atoms with Crippen LogP contribution >= 0.6 is 0 Å². The molecule has 0 radical (unpaired) electrons. The van der Waals surface area contributed by atoms with E-state index in [1.165, 1.54) is 0 Å². The van der Waals surface area contributed by atoms with Gasteiger partial charge in [-0.3, -0.25) is 5.41 Å². The van der Waals surface area contributed by atoms with Gasteiger partial charge in [0, 0.05) is 25.8 Å². The van der Waals surface area contributed by atoms with Gasteiger partial charge in [-0.1, -0.05) is 12.1 Å². The molecule has 0 aromatic heterocycles. The third kappa shape index (κ3) is 3.09. The summed E-state index contributed by atoms with van der Waals surface area (Å²) in [6.07, 6.45) is 0. The zero-order valence-electron chi connectivity index (χ0n) is 12.0. The molecule has 0 amide bonds. The van der Waals surface area contributed by atoms with Gasteiger partial charge in [0.05, 0.1) is 5.56 Å². The van der Waals surface area contributed by atoms with Crippen LogP contribution in [-0.2, 0) is 0 Å². The smallest absolute Gasteiger partial charge is 0.138 e. The van der Waals surface area contributed by atoms with E-state index in [1.54, 1.807) is 0 Å². The molecule has 20 heavy (non-hydrogen) atoms. The molecule has 104 valence electrons. The Morgan fingerprint density at radius 1 is 1.15 bits per heavy atom. The Hall–Kier alpha value is -2.49. The maximum atomic E-state index is 7.61. The van der Waals surface area contributed by atoms with Gasteiger partial charge >= 0.3 is 0 Å². The predicted octanol–water partition coefficient (Wildman–Crippen LogP) is 3.14. The molecule has 0 saturated heterocycles. The topological polar surface area (TPSA) is 62.3 Å². The maximum Gasteiger partial charge on any atom is 0.138 e. The normalized spacial score (nSPS) is 10.2. The predicted molar refractivity (Wildman–Crippen MR) is 83.0 cm³/mol. The molecule has 4 heteroatoms. The van der Waals surface area contributed by atoms with E-state index in [1.807, 2.05) is 68.4 Å². The van der Waals surface area contributed by atoms with Crippen LogP contribution in [0.4, 0.5) is 5.69 Å². The lowest BCUT2D eigenvalue weighted by atomic mass is 10.1. The summed E-state index contributed by atoms with van der Waals surface area (Å²) in [5, 5.41) is 7.61. The average molecular weight is 269 g/mol. The summed E-state index contributed by atoms with van der Waals surface area (Å²) < 4.78 is 5.89. The highest BCUT2D eigenvalue weighted by molar-refractivity contribution is 5.97. The van der Waals surface area contributed by atoms with Gasteiger partial charge in [-0.05, 0) is 36.8 Å². The molecule has 3 N–H and O–H groups in total. The van der Waals surface area contributed by atoms with Crippen LogP contribution in [0.3, 0.4) is 0 Å². The van der Waals surface area contributed by atoms with Crippen LogP contribution < -0.4 is 15.4 Å². The molecule has 0 aliphatic rings. The van der Waals surface area contributed by atoms with E-state index in [2.05, 4.69) is 0 Å². The van der Waals surface area contributed by atoms with E-state index in [0.29, 0.717) is 11.3 Å². The Bertz CT molecular complexity index is 635. The molecule has 4 nitrogen and oxygen atoms in total. The fraction of sp³-hybridized carbons (Fsp3) is 0.188. The van der Waals surface area contributed by atoms with E-state index >= 15 is 0 Å². The number of hydrogen-bond acceptors (Lipinski definition) is 3. The molecule has 2 rings (SSSR count). The van der Waals surface area contributed by atoms with Crippen LogP contribution in [0.1, 0.15) is 11.1 Å². The Morgan fingerprint density at radius 3 is 2.55 bits per heavy atom. The number of hydrogen-bond donors (Lipinski definition) is 2. The van der Waals surface area contributed by atoms with E-state index in [9.17, 15) is 0 Å². The van der Waals surface area contributed by atoms with Crippen molar-refractivity contribution in [3.63, 3.8) is 0 Å². The van der Waals surface area contributed by atoms with Crippen LogP contribution in [0.15, 0.2) is 42.5 Å². The molecular weight excluding hydrogens is 250 g/mol. The number of nitrogens with two attached hydrogens (primary N) is 1. The number of anilines is 1. The second-order valence-corrected chi connectivity index (χ2v) is 4.91. The largest absolute Gasteiger partial charge is 0.457 e. The summed E-state index contributed by atoms with van der Waals surface area (Å²) in [6.45, 7) is 1.98. The molecule has 0 heterocycles. The number of rotatable bonds is 4. The van der Waals surface area contributed by atoms with Gasteiger partial charge in [0.1, 0.15) is 17.3 Å². The first-order chi connectivity index (χ1) is 9.47. The second kappa shape index (κ2) is 5.65. The molecule has 2 aromatic rings. The monoisotopic (exact) mass is 269 g/mol. The molecular formula is C16H19N3O. The first kappa shape index (κ1) is 13.9. The SMILES string of the molecule is Cc1ccc(C(=N)N)c(Oc2cccc(N(C)C)c2)c1. The van der Waals surface area contributed by atoms with Gasteiger partial charge in [-0.15, -0.1) is 0 Å². The third-order valence-electron chi connectivity index (χ3n) is 2.99. The average Bonchev–Trinajstić information content (AvgIpc) is 2.38. The fourth-order valence-electron chi connectivity index (χ4n) is 1.89. The van der Waals surface area contributed by atoms with Gasteiger partial charge in [0.2, 0.25) is 0 Å². The van der Waals surface area contributed by atoms with Crippen LogP contribution in [0.25, 0.3) is 0 Å². The van der Waals surface area contributed by atoms with Crippen molar-refractivity contribution in [2.75, 3.05) is 19.0 Å². The fourth-order valence-corrected chi connectivity index (χ4v) is 1.89. The number of nitrogens with one attached hydrogen (secondary N) is 1. The highest BCUT2D eigenvalue weighted by Crippen LogP contribution is 2.28. The zero-order valence-corrected chi connectivity index (χ0v) is 12.0. The quantitative estimate of drug-likeness (QED) is 0.662. The molecule has 0 bridgehead atoms. The molecule has 0 atom stereocenters. The summed E-state index contributed by atoms with van der Waals surface area (Å²) in [7, 11) is 3.96. The van der Waals surface area contributed by atoms with E-state index < -0.39 is 0 Å². The molecule has 0 saturated carbocycles. The van der Waals surface area contributed by atoms with E-state index in [-0.39, 0.29) is 5.84 Å². The van der Waals surface area contributed by atoms with Crippen molar-refractivity contribution < 1.29 is 4.74 Å². The number of benzene rings is 2. The summed E-state index contributed by atoms with van der Waals surface area (Å²) in [6, 6.07) is 13.4. The first-order valence-electron chi connectivity index (χ1n) is 6.37. The van der Waals surface area contributed by atoms with Crippen molar-refractivity contribution >= 4 is 11.5 Å². The van der Waals surface area contributed by atoms with Gasteiger partial charge in [0.15, 0.2) is 0 Å². The number of aryl methyl sites for hydroxylation is 1. The van der Waals surface area contributed by atoms with Crippen molar-refractivity contribution in [2.45, 2.75) is 6.92 Å². The van der Waals surface area contributed by atoms with Crippen LogP contribution in [0.2, 0.25) is 0 Å². The van der Waals surface area contributed by atoms with E-state index in [4.69, 9.17) is 15.9 Å². The lowest BCUT2D eigenvalue weighted by Crippen LogP contribution is -2.12. The first-order valence-corrected chi connectivity index (χ1v) is 6.37. The highest BCUT2D eigenvalue weighted by atomic mass is 16.5. The van der Waals surface area contributed by atoms with Gasteiger partial charge in [-0.25, -0.2) is 0 Å². The minimum atomic E-state index is 0.00349. The summed E-state index contributed by atoms with van der Waals surface area (Å²) in [4.78, 5) is 2.01. The van der Waals surface area contributed by atoms with Crippen LogP contribution in [0, 0.1) is 12.3 Å². The molecule has 0 aliphatic heterocycles. The lowest BCUT2D eigenvalue weighted by Gasteiger charge is -2.15. The van der Waals surface area contributed by atoms with E-state index in [0.717, 1.165) is 17.0 Å². The summed E-state index contributed by atoms with van der Waals surface area (Å²) in [5.74, 6) is 1.33. The Balaban J connectivity index is 2.36. The Morgan fingerprint density at radius 2 is 1.90 bits per heavy atom. The minimum absolute atomic E-state index is 0.00349. The van der Waals surface area contributed by atoms with Crippen molar-refractivity contribution in [1.82, 2.24) is 0 Å². The van der Waals surface area contributed by atoms with Gasteiger partial charge in [0.25, 0.3) is 0 Å². The van der Waals surface area contributed by atoms with Crippen LogP contribution in [0.5, 0.6) is 11.5 Å². The standard InChI is InChI=1S/C16H19N3O/c1-11-7-8-14(16(17)18)15(9-11)20-13-6-4-5-12(10-13)19(2)3/h4-10H,1-3H3,(H3,17,18). The summed E-state index contributed by atoms with van der Waals surface area (Å²) in [5.41, 5.74) is 8.31. The van der Waals surface area contributed by atoms with Gasteiger partial charge in [-0.2, -0.15) is 0 Å². The lowest BCUT2D eigenvalue weighted by molar-refractivity contribution is 0.481. The van der Waals surface area contributed by atoms with Crippen molar-refractivity contribution in [3.8, 4) is 11.5 Å². The highest BCUT2D eigenvalue weighted by Gasteiger charge is 2.08. The van der Waals surface area contributed by atoms with Crippen LogP contribution in [-0.4, -0.2) is 19.9 Å². The minimum Gasteiger partial charge on any atom is -0.457 e. The van der Waals surface area contributed by atoms with Crippen molar-refractivity contribution in [1.29, 1.82) is 5.41 Å². The number of nitrogen functional groups attached to an aromatic ring is 1. The second-order valence-electron chi connectivity index (χ2n) is 4.91. The number of amidine groups is 1. The Kier molecular flexibility index (Phi) is 3.94. The summed E-state index contributed by atoms with van der Waals surface area (Å²) >= 11 is 0. The molecule has 2 aromatic carbocycles. The molecule has 0 aliphatic carbocycles. The number of ether oxygens (including phenoxy) is 1.